The van der Waals surface area contributed by atoms with Crippen LogP contribution in [-0.2, 0) is 16.6 Å². The highest BCUT2D eigenvalue weighted by atomic mass is 32.2. The third kappa shape index (κ3) is 8.89. The highest BCUT2D eigenvalue weighted by molar-refractivity contribution is 7.92. The Balaban J connectivity index is 2.75. The van der Waals surface area contributed by atoms with Gasteiger partial charge in [-0.2, -0.15) is 0 Å². The molecule has 0 aliphatic carbocycles. The summed E-state index contributed by atoms with van der Waals surface area (Å²) in [6.07, 6.45) is 7.59. The van der Waals surface area contributed by atoms with Crippen LogP contribution in [0.4, 0.5) is 5.69 Å². The fourth-order valence-electron chi connectivity index (χ4n) is 2.51. The first-order valence-corrected chi connectivity index (χ1v) is 10.9. The molecule has 0 aliphatic heterocycles. The van der Waals surface area contributed by atoms with Gasteiger partial charge >= 0.3 is 0 Å². The van der Waals surface area contributed by atoms with E-state index in [0.717, 1.165) is 56.6 Å². The average Bonchev–Trinajstić information content (AvgIpc) is 2.58. The first-order chi connectivity index (χ1) is 12.4. The molecule has 0 unspecified atom stereocenters. The maximum absolute atomic E-state index is 11.5. The second-order valence-electron chi connectivity index (χ2n) is 6.26. The van der Waals surface area contributed by atoms with E-state index in [4.69, 9.17) is 0 Å². The van der Waals surface area contributed by atoms with E-state index in [1.807, 2.05) is 32.2 Å². The minimum Gasteiger partial charge on any atom is -0.357 e. The van der Waals surface area contributed by atoms with Gasteiger partial charge in [0.25, 0.3) is 0 Å². The Morgan fingerprint density at radius 2 is 2.00 bits per heavy atom. The second kappa shape index (κ2) is 11.6. The first kappa shape index (κ1) is 22.0. The molecule has 26 heavy (non-hydrogen) atoms. The molecule has 0 aliphatic rings. The molecule has 1 rings (SSSR count). The first-order valence-electron chi connectivity index (χ1n) is 9.03. The second-order valence-corrected chi connectivity index (χ2v) is 8.01. The van der Waals surface area contributed by atoms with Crippen molar-refractivity contribution in [3.8, 4) is 0 Å². The molecule has 0 bridgehead atoms. The maximum Gasteiger partial charge on any atom is 0.229 e. The van der Waals surface area contributed by atoms with Crippen LogP contribution in [-0.4, -0.2) is 45.7 Å². The molecule has 6 nitrogen and oxygen atoms in total. The van der Waals surface area contributed by atoms with Gasteiger partial charge in [0.1, 0.15) is 0 Å². The summed E-state index contributed by atoms with van der Waals surface area (Å²) in [7, 11) is -1.29. The molecule has 0 fully saturated rings. The van der Waals surface area contributed by atoms with Crippen molar-refractivity contribution in [3.63, 3.8) is 0 Å². The Labute approximate surface area is 158 Å². The maximum atomic E-state index is 11.5. The SMILES string of the molecule is C=CCCCCCN(C)C(=NCc1ccccc1NS(C)(=O)=O)NCC. The molecule has 0 atom stereocenters. The smallest absolute Gasteiger partial charge is 0.229 e. The summed E-state index contributed by atoms with van der Waals surface area (Å²) in [6, 6.07) is 7.33. The van der Waals surface area contributed by atoms with Crippen LogP contribution in [0.15, 0.2) is 41.9 Å². The predicted octanol–water partition coefficient (Wildman–Crippen LogP) is 3.20. The van der Waals surface area contributed by atoms with Crippen LogP contribution in [0.1, 0.15) is 38.2 Å². The van der Waals surface area contributed by atoms with Crippen LogP contribution in [0.2, 0.25) is 0 Å². The van der Waals surface area contributed by atoms with Gasteiger partial charge in [-0.15, -0.1) is 6.58 Å². The quantitative estimate of drug-likeness (QED) is 0.268. The monoisotopic (exact) mass is 380 g/mol. The van der Waals surface area contributed by atoms with E-state index in [0.29, 0.717) is 12.2 Å². The number of anilines is 1. The lowest BCUT2D eigenvalue weighted by atomic mass is 10.2. The zero-order valence-electron chi connectivity index (χ0n) is 16.2. The molecule has 1 aromatic rings. The normalized spacial score (nSPS) is 11.9. The fourth-order valence-corrected chi connectivity index (χ4v) is 3.11. The van der Waals surface area contributed by atoms with E-state index in [-0.39, 0.29) is 0 Å². The van der Waals surface area contributed by atoms with Crippen molar-refractivity contribution in [3.05, 3.63) is 42.5 Å². The van der Waals surface area contributed by atoms with Crippen molar-refractivity contribution >= 4 is 21.7 Å². The Hall–Kier alpha value is -2.02. The van der Waals surface area contributed by atoms with Crippen molar-refractivity contribution in [2.45, 2.75) is 39.2 Å². The molecule has 0 aromatic heterocycles. The van der Waals surface area contributed by atoms with Crippen LogP contribution in [0.25, 0.3) is 0 Å². The number of aliphatic imine (C=N–C) groups is 1. The van der Waals surface area contributed by atoms with Gasteiger partial charge in [0.2, 0.25) is 10.0 Å². The lowest BCUT2D eigenvalue weighted by Gasteiger charge is -2.22. The zero-order chi connectivity index (χ0) is 19.4. The number of sulfonamides is 1. The third-order valence-electron chi connectivity index (χ3n) is 3.81. The topological polar surface area (TPSA) is 73.8 Å². The van der Waals surface area contributed by atoms with Gasteiger partial charge in [0, 0.05) is 20.1 Å². The number of unbranched alkanes of at least 4 members (excludes halogenated alkanes) is 3. The minimum atomic E-state index is -3.32. The van der Waals surface area contributed by atoms with Crippen LogP contribution in [0.5, 0.6) is 0 Å². The van der Waals surface area contributed by atoms with Crippen LogP contribution in [0, 0.1) is 0 Å². The molecule has 0 saturated heterocycles. The van der Waals surface area contributed by atoms with Crippen molar-refractivity contribution in [1.29, 1.82) is 0 Å². The van der Waals surface area contributed by atoms with E-state index in [1.54, 1.807) is 12.1 Å². The summed E-state index contributed by atoms with van der Waals surface area (Å²) in [6.45, 7) is 7.89. The highest BCUT2D eigenvalue weighted by Gasteiger charge is 2.09. The Bertz CT molecular complexity index is 687. The van der Waals surface area contributed by atoms with Crippen LogP contribution >= 0.6 is 0 Å². The molecule has 0 amide bonds. The molecule has 2 N–H and O–H groups in total. The number of rotatable bonds is 11. The van der Waals surface area contributed by atoms with E-state index < -0.39 is 10.0 Å². The number of nitrogens with one attached hydrogen (secondary N) is 2. The Kier molecular flexibility index (Phi) is 9.80. The predicted molar refractivity (Wildman–Crippen MR) is 111 cm³/mol. The lowest BCUT2D eigenvalue weighted by Crippen LogP contribution is -2.39. The lowest BCUT2D eigenvalue weighted by molar-refractivity contribution is 0.455. The van der Waals surface area contributed by atoms with Gasteiger partial charge in [0.05, 0.1) is 18.5 Å². The van der Waals surface area contributed by atoms with Gasteiger partial charge in [-0.05, 0) is 37.8 Å². The summed E-state index contributed by atoms with van der Waals surface area (Å²) in [5.74, 6) is 0.824. The number of guanidine groups is 1. The largest absolute Gasteiger partial charge is 0.357 e. The summed E-state index contributed by atoms with van der Waals surface area (Å²) in [5, 5.41) is 3.29. The van der Waals surface area contributed by atoms with Crippen molar-refractivity contribution < 1.29 is 8.42 Å². The number of nitrogens with zero attached hydrogens (tertiary/aromatic N) is 2. The number of para-hydroxylation sites is 1. The fraction of sp³-hybridized carbons (Fsp3) is 0.526. The van der Waals surface area contributed by atoms with Gasteiger partial charge in [-0.3, -0.25) is 4.72 Å². The molecule has 0 radical (unpaired) electrons. The minimum absolute atomic E-state index is 0.405. The number of hydrogen-bond acceptors (Lipinski definition) is 3. The van der Waals surface area contributed by atoms with E-state index in [2.05, 4.69) is 26.5 Å². The summed E-state index contributed by atoms with van der Waals surface area (Å²) >= 11 is 0. The Morgan fingerprint density at radius 1 is 1.27 bits per heavy atom. The van der Waals surface area contributed by atoms with E-state index in [9.17, 15) is 8.42 Å². The van der Waals surface area contributed by atoms with Crippen molar-refractivity contribution in [2.75, 3.05) is 31.1 Å². The molecule has 146 valence electrons. The summed E-state index contributed by atoms with van der Waals surface area (Å²) in [5.41, 5.74) is 1.41. The molecule has 0 spiro atoms. The third-order valence-corrected chi connectivity index (χ3v) is 4.40. The molecule has 7 heteroatoms. The molecule has 0 heterocycles. The molecule has 0 saturated carbocycles. The number of hydrogen-bond donors (Lipinski definition) is 2. The molecular formula is C19H32N4O2S. The summed E-state index contributed by atoms with van der Waals surface area (Å²) < 4.78 is 25.6. The standard InChI is InChI=1S/C19H32N4O2S/c1-5-7-8-9-12-15-23(3)19(20-6-2)21-16-17-13-10-11-14-18(17)22-26(4,24)25/h5,10-11,13-14,22H,1,6-9,12,15-16H2,2-4H3,(H,20,21). The van der Waals surface area contributed by atoms with Gasteiger partial charge in [-0.1, -0.05) is 30.7 Å². The number of allylic oxidation sites excluding steroid dienone is 1. The van der Waals surface area contributed by atoms with Crippen LogP contribution < -0.4 is 10.0 Å². The zero-order valence-corrected chi connectivity index (χ0v) is 17.0. The average molecular weight is 381 g/mol. The van der Waals surface area contributed by atoms with Gasteiger partial charge in [0.15, 0.2) is 5.96 Å². The van der Waals surface area contributed by atoms with Gasteiger partial charge in [-0.25, -0.2) is 13.4 Å². The van der Waals surface area contributed by atoms with E-state index in [1.165, 1.54) is 0 Å². The molecular weight excluding hydrogens is 348 g/mol. The summed E-state index contributed by atoms with van der Waals surface area (Å²) in [4.78, 5) is 6.78. The number of benzene rings is 1. The molecule has 1 aromatic carbocycles. The Morgan fingerprint density at radius 3 is 2.65 bits per heavy atom. The van der Waals surface area contributed by atoms with Crippen molar-refractivity contribution in [1.82, 2.24) is 10.2 Å². The highest BCUT2D eigenvalue weighted by Crippen LogP contribution is 2.17. The van der Waals surface area contributed by atoms with Crippen molar-refractivity contribution in [2.24, 2.45) is 4.99 Å². The van der Waals surface area contributed by atoms with E-state index >= 15 is 0 Å². The van der Waals surface area contributed by atoms with Gasteiger partial charge < -0.3 is 10.2 Å². The van der Waals surface area contributed by atoms with Crippen LogP contribution in [0.3, 0.4) is 0 Å².